The predicted octanol–water partition coefficient (Wildman–Crippen LogP) is 0.683. The number of likely N-dealkylation sites (N-methyl/N-ethyl adjacent to an activating group) is 1. The van der Waals surface area contributed by atoms with Crippen LogP contribution >= 0.6 is 0 Å². The van der Waals surface area contributed by atoms with Crippen LogP contribution in [0.1, 0.15) is 25.7 Å². The molecule has 0 amide bonds. The van der Waals surface area contributed by atoms with E-state index in [1.807, 2.05) is 0 Å². The number of hydrogen-bond acceptors (Lipinski definition) is 4. The largest absolute Gasteiger partial charge is 0.329 e. The van der Waals surface area contributed by atoms with Crippen molar-refractivity contribution in [3.8, 4) is 0 Å². The van der Waals surface area contributed by atoms with Crippen molar-refractivity contribution in [3.63, 3.8) is 0 Å². The topological polar surface area (TPSA) is 35.7 Å². The number of hydrogen-bond donors (Lipinski definition) is 1. The molecule has 4 fully saturated rings. The molecular formula is C16H32N4. The average Bonchev–Trinajstić information content (AvgIpc) is 2.50. The zero-order valence-corrected chi connectivity index (χ0v) is 13.4. The lowest BCUT2D eigenvalue weighted by molar-refractivity contribution is -0.0633. The molecule has 1 unspecified atom stereocenters. The Kier molecular flexibility index (Phi) is 4.37. The highest BCUT2D eigenvalue weighted by molar-refractivity contribution is 5.05. The summed E-state index contributed by atoms with van der Waals surface area (Å²) in [6, 6.07) is 0. The molecule has 0 aromatic rings. The molecule has 0 aromatic carbocycles. The zero-order valence-electron chi connectivity index (χ0n) is 13.4. The van der Waals surface area contributed by atoms with Gasteiger partial charge in [0.2, 0.25) is 0 Å². The maximum absolute atomic E-state index is 6.28. The third-order valence-corrected chi connectivity index (χ3v) is 6.33. The summed E-state index contributed by atoms with van der Waals surface area (Å²) in [6.07, 6.45) is 5.43. The SMILES string of the molecule is CN1CCC(CN(C)C2(CN)CN3CCC2CC3)CC1. The van der Waals surface area contributed by atoms with Crippen LogP contribution in [0.5, 0.6) is 0 Å². The Morgan fingerprint density at radius 2 is 1.75 bits per heavy atom. The molecule has 2 N–H and O–H groups in total. The minimum absolute atomic E-state index is 0.264. The van der Waals surface area contributed by atoms with Crippen LogP contribution in [-0.2, 0) is 0 Å². The third-order valence-electron chi connectivity index (χ3n) is 6.33. The molecule has 0 saturated carbocycles. The molecular weight excluding hydrogens is 248 g/mol. The molecule has 4 aliphatic heterocycles. The van der Waals surface area contributed by atoms with Gasteiger partial charge in [-0.2, -0.15) is 0 Å². The van der Waals surface area contributed by atoms with Crippen LogP contribution in [0.25, 0.3) is 0 Å². The van der Waals surface area contributed by atoms with E-state index in [1.165, 1.54) is 65.0 Å². The van der Waals surface area contributed by atoms with Gasteiger partial charge in [0.05, 0.1) is 0 Å². The molecule has 1 atom stereocenters. The summed E-state index contributed by atoms with van der Waals surface area (Å²) in [4.78, 5) is 7.75. The van der Waals surface area contributed by atoms with E-state index in [0.717, 1.165) is 18.4 Å². The first-order chi connectivity index (χ1) is 9.64. The van der Waals surface area contributed by atoms with E-state index in [9.17, 15) is 0 Å². The lowest BCUT2D eigenvalue weighted by Gasteiger charge is -2.57. The Bertz CT molecular complexity index is 318. The van der Waals surface area contributed by atoms with Crippen LogP contribution in [0, 0.1) is 11.8 Å². The quantitative estimate of drug-likeness (QED) is 0.822. The van der Waals surface area contributed by atoms with Gasteiger partial charge in [-0.25, -0.2) is 0 Å². The fourth-order valence-electron chi connectivity index (χ4n) is 4.78. The van der Waals surface area contributed by atoms with Gasteiger partial charge in [-0.15, -0.1) is 0 Å². The van der Waals surface area contributed by atoms with Crippen molar-refractivity contribution in [3.05, 3.63) is 0 Å². The van der Waals surface area contributed by atoms with E-state index < -0.39 is 0 Å². The monoisotopic (exact) mass is 280 g/mol. The standard InChI is InChI=1S/C16H32N4/c1-18-7-3-14(4-8-18)11-19(2)16(12-17)13-20-9-5-15(16)6-10-20/h14-15H,3-13,17H2,1-2H3. The van der Waals surface area contributed by atoms with Gasteiger partial charge in [0.15, 0.2) is 0 Å². The molecule has 4 heterocycles. The van der Waals surface area contributed by atoms with E-state index in [-0.39, 0.29) is 5.54 Å². The summed E-state index contributed by atoms with van der Waals surface area (Å²) < 4.78 is 0. The predicted molar refractivity (Wildman–Crippen MR) is 83.8 cm³/mol. The van der Waals surface area contributed by atoms with E-state index in [1.54, 1.807) is 0 Å². The van der Waals surface area contributed by atoms with Crippen molar-refractivity contribution < 1.29 is 0 Å². The van der Waals surface area contributed by atoms with E-state index >= 15 is 0 Å². The van der Waals surface area contributed by atoms with Crippen molar-refractivity contribution in [2.75, 3.05) is 59.9 Å². The number of nitrogens with zero attached hydrogens (tertiary/aromatic N) is 3. The molecule has 0 spiro atoms. The van der Waals surface area contributed by atoms with E-state index in [4.69, 9.17) is 5.73 Å². The summed E-state index contributed by atoms with van der Waals surface area (Å²) in [5.74, 6) is 1.70. The summed E-state index contributed by atoms with van der Waals surface area (Å²) >= 11 is 0. The summed E-state index contributed by atoms with van der Waals surface area (Å²) in [5.41, 5.74) is 6.54. The Morgan fingerprint density at radius 1 is 1.10 bits per heavy atom. The average molecular weight is 280 g/mol. The Balaban J connectivity index is 1.63. The highest BCUT2D eigenvalue weighted by atomic mass is 15.3. The lowest BCUT2D eigenvalue weighted by atomic mass is 9.71. The summed E-state index contributed by atoms with van der Waals surface area (Å²) in [6.45, 7) is 8.42. The van der Waals surface area contributed by atoms with Gasteiger partial charge in [0.25, 0.3) is 0 Å². The molecule has 4 nitrogen and oxygen atoms in total. The van der Waals surface area contributed by atoms with Gasteiger partial charge in [-0.3, -0.25) is 4.90 Å². The second-order valence-electron chi connectivity index (χ2n) is 7.49. The van der Waals surface area contributed by atoms with E-state index in [0.29, 0.717) is 0 Å². The molecule has 0 aliphatic carbocycles. The van der Waals surface area contributed by atoms with Crippen molar-refractivity contribution in [2.24, 2.45) is 17.6 Å². The van der Waals surface area contributed by atoms with Crippen LogP contribution in [0.3, 0.4) is 0 Å². The van der Waals surface area contributed by atoms with Crippen molar-refractivity contribution in [2.45, 2.75) is 31.2 Å². The second-order valence-corrected chi connectivity index (χ2v) is 7.49. The van der Waals surface area contributed by atoms with Crippen LogP contribution in [0.4, 0.5) is 0 Å². The van der Waals surface area contributed by atoms with Gasteiger partial charge < -0.3 is 15.5 Å². The molecule has 4 aliphatic rings. The van der Waals surface area contributed by atoms with Gasteiger partial charge in [0.1, 0.15) is 0 Å². The van der Waals surface area contributed by atoms with Crippen molar-refractivity contribution >= 4 is 0 Å². The van der Waals surface area contributed by atoms with Crippen LogP contribution < -0.4 is 5.73 Å². The Labute approximate surface area is 124 Å². The van der Waals surface area contributed by atoms with Gasteiger partial charge in [-0.05, 0) is 77.8 Å². The normalized spacial score (nSPS) is 39.6. The first-order valence-corrected chi connectivity index (χ1v) is 8.46. The van der Waals surface area contributed by atoms with Gasteiger partial charge >= 0.3 is 0 Å². The first-order valence-electron chi connectivity index (χ1n) is 8.46. The van der Waals surface area contributed by atoms with E-state index in [2.05, 4.69) is 28.8 Å². The molecule has 116 valence electrons. The van der Waals surface area contributed by atoms with Gasteiger partial charge in [-0.1, -0.05) is 0 Å². The molecule has 0 radical (unpaired) electrons. The van der Waals surface area contributed by atoms with Gasteiger partial charge in [0, 0.05) is 25.2 Å². The number of likely N-dealkylation sites (tertiary alicyclic amines) is 1. The van der Waals surface area contributed by atoms with Crippen molar-refractivity contribution in [1.82, 2.24) is 14.7 Å². The minimum atomic E-state index is 0.264. The third kappa shape index (κ3) is 2.63. The minimum Gasteiger partial charge on any atom is -0.329 e. The van der Waals surface area contributed by atoms with Crippen LogP contribution in [-0.4, -0.2) is 80.1 Å². The fourth-order valence-corrected chi connectivity index (χ4v) is 4.78. The van der Waals surface area contributed by atoms with Crippen LogP contribution in [0.2, 0.25) is 0 Å². The number of piperidine rings is 4. The smallest absolute Gasteiger partial charge is 0.0484 e. The summed E-state index contributed by atoms with van der Waals surface area (Å²) in [7, 11) is 4.59. The molecule has 20 heavy (non-hydrogen) atoms. The highest BCUT2D eigenvalue weighted by Crippen LogP contribution is 2.39. The number of rotatable bonds is 4. The molecule has 2 bridgehead atoms. The second kappa shape index (κ2) is 5.91. The summed E-state index contributed by atoms with van der Waals surface area (Å²) in [5, 5.41) is 0. The fraction of sp³-hybridized carbons (Fsp3) is 1.00. The Morgan fingerprint density at radius 3 is 2.25 bits per heavy atom. The maximum atomic E-state index is 6.28. The zero-order chi connectivity index (χ0) is 14.2. The molecule has 0 aromatic heterocycles. The molecule has 4 saturated heterocycles. The highest BCUT2D eigenvalue weighted by Gasteiger charge is 2.48. The first kappa shape index (κ1) is 14.8. The molecule has 4 rings (SSSR count). The lowest BCUT2D eigenvalue weighted by Crippen LogP contribution is -2.69. The maximum Gasteiger partial charge on any atom is 0.0484 e. The van der Waals surface area contributed by atoms with Crippen molar-refractivity contribution in [1.29, 1.82) is 0 Å². The number of fused-ring (bicyclic) bond motifs is 3. The Hall–Kier alpha value is -0.160. The number of nitrogens with two attached hydrogens (primary N) is 1. The van der Waals surface area contributed by atoms with Crippen LogP contribution in [0.15, 0.2) is 0 Å². The molecule has 4 heteroatoms.